The van der Waals surface area contributed by atoms with Crippen LogP contribution in [0.3, 0.4) is 0 Å². The van der Waals surface area contributed by atoms with Crippen molar-refractivity contribution in [1.29, 1.82) is 0 Å². The first-order valence-corrected chi connectivity index (χ1v) is 25.2. The Kier molecular flexibility index (Phi) is 13.7. The third-order valence-electron chi connectivity index (χ3n) is 15.9. The number of aryl methyl sites for hydroxylation is 2. The van der Waals surface area contributed by atoms with Crippen LogP contribution in [0.4, 0.5) is 21.0 Å². The van der Waals surface area contributed by atoms with E-state index in [0.29, 0.717) is 37.3 Å². The molecule has 14 heteroatoms. The van der Waals surface area contributed by atoms with Crippen LogP contribution in [0.25, 0.3) is 11.1 Å². The molecule has 4 N–H and O–H groups in total. The van der Waals surface area contributed by atoms with Gasteiger partial charge in [-0.3, -0.25) is 19.2 Å². The van der Waals surface area contributed by atoms with E-state index in [2.05, 4.69) is 82.0 Å². The number of carbonyl (C=O) groups excluding carboxylic acids is 6. The lowest BCUT2D eigenvalue weighted by Gasteiger charge is -2.30. The SMILES string of the molecule is COC(=O)N[C@H](C(=O)N1CC2(CC2)C[C@H]1C(=O)Nc1ccc([C@@H]2C=C3C=C[C@@H]2CCc2ccc(c(-c4ccc(NC(=O)[C@@H]5CC6(CC6)CN5C(=O)[C@H](NC(=O)OC)C(C)C)cc4)c2)CC3)cc1)C(C)C. The van der Waals surface area contributed by atoms with Crippen LogP contribution in [0.5, 0.6) is 0 Å². The van der Waals surface area contributed by atoms with Crippen molar-refractivity contribution in [2.45, 2.75) is 122 Å². The second-order valence-corrected chi connectivity index (χ2v) is 21.6. The van der Waals surface area contributed by atoms with E-state index in [1.54, 1.807) is 9.80 Å². The van der Waals surface area contributed by atoms with Crippen molar-refractivity contribution in [2.24, 2.45) is 28.6 Å². The predicted octanol–water partition coefficient (Wildman–Crippen LogP) is 8.53. The van der Waals surface area contributed by atoms with Crippen LogP contribution < -0.4 is 21.3 Å². The highest BCUT2D eigenvalue weighted by Crippen LogP contribution is 2.56. The molecule has 0 aromatic heterocycles. The number of ether oxygens (including phenoxy) is 2. The largest absolute Gasteiger partial charge is 0.453 e. The van der Waals surface area contributed by atoms with E-state index in [0.717, 1.165) is 56.9 Å². The van der Waals surface area contributed by atoms with Crippen LogP contribution in [0.1, 0.15) is 102 Å². The van der Waals surface area contributed by atoms with Gasteiger partial charge in [-0.05, 0) is 145 Å². The first-order valence-electron chi connectivity index (χ1n) is 25.2. The summed E-state index contributed by atoms with van der Waals surface area (Å²) in [6.45, 7) is 8.49. The fourth-order valence-corrected chi connectivity index (χ4v) is 11.3. The standard InChI is InChI=1S/C56H68N6O8/c1-33(2)47(59-53(67)69-5)51(65)61-31-55(23-24-55)29-45(61)49(63)57-41-19-15-39(16-20-41)43-27-35-7-11-37(43)13-9-36-8-12-38(14-10-35)44(28-36)40-17-21-42(22-18-40)58-50(64)46-30-56(25-26-56)32-62(46)52(66)48(34(3)4)60-54(68)70-6/h7-8,11-12,15-22,27-28,33-34,37,43,45-48H,9-10,13-14,23-26,29-32H2,1-6H3,(H,57,63)(H,58,64)(H,59,67)(H,60,68)/t37-,43-,45+,46+,47+,48-/m1/s1. The predicted molar refractivity (Wildman–Crippen MR) is 268 cm³/mol. The Morgan fingerprint density at radius 1 is 0.643 bits per heavy atom. The number of nitrogens with zero attached hydrogens (tertiary/aromatic N) is 2. The summed E-state index contributed by atoms with van der Waals surface area (Å²) in [4.78, 5) is 83.1. The number of hydrogen-bond acceptors (Lipinski definition) is 8. The van der Waals surface area contributed by atoms with Crippen molar-refractivity contribution < 1.29 is 38.2 Å². The van der Waals surface area contributed by atoms with E-state index in [-0.39, 0.29) is 58.1 Å². The summed E-state index contributed by atoms with van der Waals surface area (Å²) in [6, 6.07) is 20.1. The number of amides is 6. The summed E-state index contributed by atoms with van der Waals surface area (Å²) in [5, 5.41) is 11.6. The van der Waals surface area contributed by atoms with Gasteiger partial charge in [-0.15, -0.1) is 0 Å². The second-order valence-electron chi connectivity index (χ2n) is 21.6. The molecule has 9 aliphatic rings. The molecule has 2 saturated carbocycles. The maximum absolute atomic E-state index is 13.9. The monoisotopic (exact) mass is 953 g/mol. The van der Waals surface area contributed by atoms with Crippen LogP contribution in [-0.4, -0.2) is 97.1 Å². The van der Waals surface area contributed by atoms with E-state index < -0.39 is 36.4 Å². The molecule has 4 bridgehead atoms. The van der Waals surface area contributed by atoms with Crippen LogP contribution >= 0.6 is 0 Å². The van der Waals surface area contributed by atoms with Crippen molar-refractivity contribution in [3.63, 3.8) is 0 Å². The number of hydrogen-bond donors (Lipinski definition) is 4. The van der Waals surface area contributed by atoms with Gasteiger partial charge in [0, 0.05) is 30.4 Å². The van der Waals surface area contributed by atoms with Crippen LogP contribution in [0, 0.1) is 28.6 Å². The van der Waals surface area contributed by atoms with Gasteiger partial charge >= 0.3 is 12.2 Å². The van der Waals surface area contributed by atoms with Crippen molar-refractivity contribution in [3.05, 3.63) is 107 Å². The molecule has 70 heavy (non-hydrogen) atoms. The normalized spacial score (nSPS) is 23.3. The van der Waals surface area contributed by atoms with Gasteiger partial charge < -0.3 is 40.5 Å². The lowest BCUT2D eigenvalue weighted by molar-refractivity contribution is -0.139. The van der Waals surface area contributed by atoms with Crippen molar-refractivity contribution in [2.75, 3.05) is 37.9 Å². The molecule has 0 radical (unpaired) electrons. The van der Waals surface area contributed by atoms with Crippen molar-refractivity contribution in [3.8, 4) is 11.1 Å². The average Bonchev–Trinajstić information content (AvgIpc) is 4.22. The van der Waals surface area contributed by atoms with Gasteiger partial charge in [0.15, 0.2) is 0 Å². The van der Waals surface area contributed by atoms with Gasteiger partial charge in [0.1, 0.15) is 24.2 Å². The molecule has 2 saturated heterocycles. The zero-order chi connectivity index (χ0) is 49.5. The molecule has 2 aliphatic heterocycles. The van der Waals surface area contributed by atoms with Crippen molar-refractivity contribution in [1.82, 2.24) is 20.4 Å². The minimum atomic E-state index is -0.797. The Morgan fingerprint density at radius 2 is 1.16 bits per heavy atom. The maximum Gasteiger partial charge on any atom is 0.407 e. The molecule has 3 aromatic carbocycles. The molecule has 4 fully saturated rings. The smallest absolute Gasteiger partial charge is 0.407 e. The highest BCUT2D eigenvalue weighted by molar-refractivity contribution is 6.00. The summed E-state index contributed by atoms with van der Waals surface area (Å²) < 4.78 is 9.59. The summed E-state index contributed by atoms with van der Waals surface area (Å²) in [6.07, 6.45) is 14.4. The second kappa shape index (κ2) is 19.8. The summed E-state index contributed by atoms with van der Waals surface area (Å²) in [7, 11) is 2.54. The number of carbonyl (C=O) groups is 6. The molecular formula is C56H68N6O8. The molecular weight excluding hydrogens is 885 g/mol. The van der Waals surface area contributed by atoms with E-state index in [4.69, 9.17) is 9.47 Å². The molecule has 7 aliphatic carbocycles. The molecule has 14 nitrogen and oxygen atoms in total. The minimum absolute atomic E-state index is 0.0334. The zero-order valence-corrected chi connectivity index (χ0v) is 41.3. The fourth-order valence-electron chi connectivity index (χ4n) is 11.3. The number of nitrogens with one attached hydrogen (secondary N) is 4. The van der Waals surface area contributed by atoms with Crippen LogP contribution in [-0.2, 0) is 41.5 Å². The van der Waals surface area contributed by atoms with E-state index in [9.17, 15) is 28.8 Å². The van der Waals surface area contributed by atoms with Gasteiger partial charge in [0.05, 0.1) is 14.2 Å². The number of benzene rings is 3. The topological polar surface area (TPSA) is 175 Å². The Bertz CT molecular complexity index is 2580. The third-order valence-corrected chi connectivity index (χ3v) is 15.9. The van der Waals surface area contributed by atoms with Crippen LogP contribution in [0.15, 0.2) is 90.5 Å². The lowest BCUT2D eigenvalue weighted by Crippen LogP contribution is -2.54. The maximum atomic E-state index is 13.9. The minimum Gasteiger partial charge on any atom is -0.453 e. The van der Waals surface area contributed by atoms with Crippen LogP contribution in [0.2, 0.25) is 0 Å². The Labute approximate surface area is 411 Å². The van der Waals surface area contributed by atoms with E-state index >= 15 is 0 Å². The molecule has 6 atom stereocenters. The summed E-state index contributed by atoms with van der Waals surface area (Å²) in [5.74, 6) is -0.877. The number of allylic oxidation sites excluding steroid dienone is 4. The Morgan fingerprint density at radius 3 is 1.64 bits per heavy atom. The number of alkyl carbamates (subject to hydrolysis) is 2. The zero-order valence-electron chi connectivity index (χ0n) is 41.3. The van der Waals surface area contributed by atoms with E-state index in [1.165, 1.54) is 42.0 Å². The fraction of sp³-hybridized carbons (Fsp3) is 0.500. The van der Waals surface area contributed by atoms with Gasteiger partial charge in [0.25, 0.3) is 0 Å². The third kappa shape index (κ3) is 10.4. The van der Waals surface area contributed by atoms with Gasteiger partial charge in [-0.25, -0.2) is 9.59 Å². The molecule has 2 spiro atoms. The quantitative estimate of drug-likeness (QED) is 0.140. The highest BCUT2D eigenvalue weighted by atomic mass is 16.5. The number of methoxy groups -OCH3 is 2. The van der Waals surface area contributed by atoms with E-state index in [1.807, 2.05) is 52.0 Å². The Hall–Kier alpha value is -6.44. The molecule has 12 rings (SSSR count). The lowest BCUT2D eigenvalue weighted by atomic mass is 9.76. The van der Waals surface area contributed by atoms with Gasteiger partial charge in [-0.1, -0.05) is 94.0 Å². The van der Waals surface area contributed by atoms with Crippen molar-refractivity contribution >= 4 is 47.2 Å². The first kappa shape index (κ1) is 48.6. The average molecular weight is 953 g/mol. The summed E-state index contributed by atoms with van der Waals surface area (Å²) in [5.41, 5.74) is 8.50. The Balaban J connectivity index is 0.847. The molecule has 6 amide bonds. The first-order chi connectivity index (χ1) is 33.6. The summed E-state index contributed by atoms with van der Waals surface area (Å²) >= 11 is 0. The molecule has 2 heterocycles. The number of rotatable bonds is 12. The highest BCUT2D eigenvalue weighted by Gasteiger charge is 2.57. The van der Waals surface area contributed by atoms with Gasteiger partial charge in [-0.2, -0.15) is 0 Å². The van der Waals surface area contributed by atoms with Gasteiger partial charge in [0.2, 0.25) is 23.6 Å². The molecule has 0 unspecified atom stereocenters. The molecule has 370 valence electrons. The molecule has 3 aromatic rings. The number of anilines is 2. The number of likely N-dealkylation sites (tertiary alicyclic amines) is 2.